The highest BCUT2D eigenvalue weighted by atomic mass is 16.3. The first-order valence-corrected chi connectivity index (χ1v) is 5.43. The molecule has 2 rings (SSSR count). The number of aromatic hydroxyl groups is 1. The van der Waals surface area contributed by atoms with E-state index in [4.69, 9.17) is 0 Å². The van der Waals surface area contributed by atoms with Crippen LogP contribution in [0.3, 0.4) is 0 Å². The van der Waals surface area contributed by atoms with Crippen LogP contribution in [0.15, 0.2) is 42.6 Å². The molecule has 0 amide bonds. The number of phenols is 1. The number of benzene rings is 1. The molecule has 0 saturated heterocycles. The molecule has 1 heterocycles. The topological polar surface area (TPSA) is 33.1 Å². The van der Waals surface area contributed by atoms with Crippen LogP contribution >= 0.6 is 0 Å². The summed E-state index contributed by atoms with van der Waals surface area (Å²) in [5, 5.41) is 9.27. The lowest BCUT2D eigenvalue weighted by molar-refractivity contribution is 0.475. The van der Waals surface area contributed by atoms with Crippen LogP contribution in [0.5, 0.6) is 5.75 Å². The van der Waals surface area contributed by atoms with Crippen molar-refractivity contribution in [2.75, 3.05) is 0 Å². The molecule has 82 valence electrons. The second-order valence-corrected chi connectivity index (χ2v) is 4.14. The molecule has 0 aliphatic carbocycles. The van der Waals surface area contributed by atoms with E-state index in [2.05, 4.69) is 24.9 Å². The molecule has 2 heteroatoms. The predicted molar refractivity (Wildman–Crippen MR) is 65.4 cm³/mol. The normalized spacial score (nSPS) is 10.7. The van der Waals surface area contributed by atoms with Crippen molar-refractivity contribution in [3.05, 3.63) is 48.3 Å². The monoisotopic (exact) mass is 213 g/mol. The van der Waals surface area contributed by atoms with Gasteiger partial charge in [0.1, 0.15) is 5.75 Å². The van der Waals surface area contributed by atoms with Gasteiger partial charge in [-0.3, -0.25) is 4.98 Å². The molecule has 0 unspecified atom stereocenters. The Balaban J connectivity index is 2.51. The van der Waals surface area contributed by atoms with Gasteiger partial charge in [-0.1, -0.05) is 32.0 Å². The number of aromatic nitrogens is 1. The van der Waals surface area contributed by atoms with Crippen molar-refractivity contribution in [2.24, 2.45) is 0 Å². The number of hydrogen-bond acceptors (Lipinski definition) is 2. The van der Waals surface area contributed by atoms with Gasteiger partial charge in [-0.15, -0.1) is 0 Å². The Bertz CT molecular complexity index is 474. The van der Waals surface area contributed by atoms with Gasteiger partial charge in [-0.05, 0) is 29.7 Å². The van der Waals surface area contributed by atoms with E-state index in [1.165, 1.54) is 0 Å². The molecule has 0 fully saturated rings. The van der Waals surface area contributed by atoms with Crippen LogP contribution in [0, 0.1) is 0 Å². The zero-order chi connectivity index (χ0) is 11.5. The number of hydrogen-bond donors (Lipinski definition) is 1. The van der Waals surface area contributed by atoms with Crippen LogP contribution < -0.4 is 0 Å². The first kappa shape index (κ1) is 10.7. The highest BCUT2D eigenvalue weighted by Gasteiger charge is 2.08. The number of pyridine rings is 1. The Kier molecular flexibility index (Phi) is 2.91. The minimum absolute atomic E-state index is 0.290. The van der Waals surface area contributed by atoms with Gasteiger partial charge in [0, 0.05) is 11.8 Å². The molecule has 2 aromatic rings. The van der Waals surface area contributed by atoms with Gasteiger partial charge in [-0.25, -0.2) is 0 Å². The number of rotatable bonds is 2. The summed E-state index contributed by atoms with van der Waals surface area (Å²) in [4.78, 5) is 4.41. The standard InChI is InChI=1S/C14H15NO/c1-10(2)14-13(4-3-9-15-14)11-5-7-12(16)8-6-11/h3-10,16H,1-2H3. The van der Waals surface area contributed by atoms with Crippen molar-refractivity contribution in [3.63, 3.8) is 0 Å². The fourth-order valence-corrected chi connectivity index (χ4v) is 1.76. The lowest BCUT2D eigenvalue weighted by Gasteiger charge is -2.11. The van der Waals surface area contributed by atoms with Crippen molar-refractivity contribution >= 4 is 0 Å². The van der Waals surface area contributed by atoms with Gasteiger partial charge in [0.05, 0.1) is 5.69 Å². The molecule has 0 atom stereocenters. The van der Waals surface area contributed by atoms with Gasteiger partial charge < -0.3 is 5.11 Å². The van der Waals surface area contributed by atoms with Crippen molar-refractivity contribution < 1.29 is 5.11 Å². The molecule has 0 aliphatic rings. The van der Waals surface area contributed by atoms with E-state index >= 15 is 0 Å². The Hall–Kier alpha value is -1.83. The lowest BCUT2D eigenvalue weighted by Crippen LogP contribution is -1.95. The van der Waals surface area contributed by atoms with E-state index in [0.717, 1.165) is 16.8 Å². The second-order valence-electron chi connectivity index (χ2n) is 4.14. The van der Waals surface area contributed by atoms with Crippen LogP contribution in [0.1, 0.15) is 25.5 Å². The van der Waals surface area contributed by atoms with E-state index in [1.807, 2.05) is 24.4 Å². The molecule has 2 nitrogen and oxygen atoms in total. The Morgan fingerprint density at radius 1 is 1.06 bits per heavy atom. The lowest BCUT2D eigenvalue weighted by atomic mass is 9.98. The van der Waals surface area contributed by atoms with Crippen LogP contribution in [-0.4, -0.2) is 10.1 Å². The maximum absolute atomic E-state index is 9.27. The zero-order valence-electron chi connectivity index (χ0n) is 9.51. The number of phenolic OH excluding ortho intramolecular Hbond substituents is 1. The van der Waals surface area contributed by atoms with Crippen molar-refractivity contribution in [2.45, 2.75) is 19.8 Å². The Morgan fingerprint density at radius 3 is 2.38 bits per heavy atom. The van der Waals surface area contributed by atoms with Crippen LogP contribution in [0.2, 0.25) is 0 Å². The van der Waals surface area contributed by atoms with E-state index in [-0.39, 0.29) is 0 Å². The van der Waals surface area contributed by atoms with Gasteiger partial charge in [0.25, 0.3) is 0 Å². The van der Waals surface area contributed by atoms with E-state index in [1.54, 1.807) is 12.1 Å². The average Bonchev–Trinajstić information content (AvgIpc) is 2.30. The van der Waals surface area contributed by atoms with Crippen molar-refractivity contribution in [1.82, 2.24) is 4.98 Å². The summed E-state index contributed by atoms with van der Waals surface area (Å²) >= 11 is 0. The van der Waals surface area contributed by atoms with E-state index in [9.17, 15) is 5.11 Å². The maximum Gasteiger partial charge on any atom is 0.115 e. The first-order chi connectivity index (χ1) is 7.68. The minimum atomic E-state index is 0.290. The average molecular weight is 213 g/mol. The summed E-state index contributed by atoms with van der Waals surface area (Å²) in [5.74, 6) is 0.684. The van der Waals surface area contributed by atoms with Crippen LogP contribution in [-0.2, 0) is 0 Å². The maximum atomic E-state index is 9.27. The molecule has 1 N–H and O–H groups in total. The second kappa shape index (κ2) is 4.35. The molecule has 1 aromatic carbocycles. The SMILES string of the molecule is CC(C)c1ncccc1-c1ccc(O)cc1. The van der Waals surface area contributed by atoms with Gasteiger partial charge >= 0.3 is 0 Å². The molecule has 16 heavy (non-hydrogen) atoms. The summed E-state index contributed by atoms with van der Waals surface area (Å²) in [6, 6.07) is 11.2. The smallest absolute Gasteiger partial charge is 0.115 e. The summed E-state index contributed by atoms with van der Waals surface area (Å²) in [6.45, 7) is 4.26. The molecular formula is C14H15NO. The van der Waals surface area contributed by atoms with Crippen molar-refractivity contribution in [1.29, 1.82) is 0 Å². The Morgan fingerprint density at radius 2 is 1.75 bits per heavy atom. The summed E-state index contributed by atoms with van der Waals surface area (Å²) in [5.41, 5.74) is 3.32. The van der Waals surface area contributed by atoms with E-state index < -0.39 is 0 Å². The van der Waals surface area contributed by atoms with Gasteiger partial charge in [0.15, 0.2) is 0 Å². The highest BCUT2D eigenvalue weighted by Crippen LogP contribution is 2.28. The molecule has 0 saturated carbocycles. The third kappa shape index (κ3) is 2.06. The fourth-order valence-electron chi connectivity index (χ4n) is 1.76. The quantitative estimate of drug-likeness (QED) is 0.827. The van der Waals surface area contributed by atoms with Crippen LogP contribution in [0.4, 0.5) is 0 Å². The third-order valence-electron chi connectivity index (χ3n) is 2.56. The van der Waals surface area contributed by atoms with Crippen molar-refractivity contribution in [3.8, 4) is 16.9 Å². The van der Waals surface area contributed by atoms with Crippen LogP contribution in [0.25, 0.3) is 11.1 Å². The predicted octanol–water partition coefficient (Wildman–Crippen LogP) is 3.58. The summed E-state index contributed by atoms with van der Waals surface area (Å²) in [6.07, 6.45) is 1.82. The summed E-state index contributed by atoms with van der Waals surface area (Å²) < 4.78 is 0. The number of nitrogens with zero attached hydrogens (tertiary/aromatic N) is 1. The molecule has 0 bridgehead atoms. The first-order valence-electron chi connectivity index (χ1n) is 5.43. The third-order valence-corrected chi connectivity index (χ3v) is 2.56. The zero-order valence-corrected chi connectivity index (χ0v) is 9.51. The molecule has 0 radical (unpaired) electrons. The minimum Gasteiger partial charge on any atom is -0.508 e. The molecular weight excluding hydrogens is 198 g/mol. The molecule has 1 aromatic heterocycles. The highest BCUT2D eigenvalue weighted by molar-refractivity contribution is 5.66. The molecule has 0 aliphatic heterocycles. The fraction of sp³-hybridized carbons (Fsp3) is 0.214. The summed E-state index contributed by atoms with van der Waals surface area (Å²) in [7, 11) is 0. The largest absolute Gasteiger partial charge is 0.508 e. The van der Waals surface area contributed by atoms with E-state index in [0.29, 0.717) is 11.7 Å². The molecule has 0 spiro atoms. The Labute approximate surface area is 95.6 Å². The van der Waals surface area contributed by atoms with Gasteiger partial charge in [0.2, 0.25) is 0 Å². The van der Waals surface area contributed by atoms with Gasteiger partial charge in [-0.2, -0.15) is 0 Å².